The lowest BCUT2D eigenvalue weighted by Gasteiger charge is -2.13. The highest BCUT2D eigenvalue weighted by molar-refractivity contribution is 5.95. The number of ether oxygens (including phenoxy) is 2. The summed E-state index contributed by atoms with van der Waals surface area (Å²) in [5.74, 6) is -0.490. The van der Waals surface area contributed by atoms with Gasteiger partial charge in [-0.1, -0.05) is 0 Å². The summed E-state index contributed by atoms with van der Waals surface area (Å²) in [7, 11) is 0. The standard InChI is InChI=1S/C16H15N3O5/c1-10-7-14(19-24-10)22-9-15(20)23-11(2)16(21)18-13-5-3-12(8-17)4-6-13/h3-7,11H,9H2,1-2H3,(H,18,21)/t11-/m1/s1. The van der Waals surface area contributed by atoms with E-state index in [1.807, 2.05) is 6.07 Å². The second kappa shape index (κ2) is 7.78. The van der Waals surface area contributed by atoms with Crippen LogP contribution in [0.15, 0.2) is 34.9 Å². The highest BCUT2D eigenvalue weighted by Crippen LogP contribution is 2.11. The fourth-order valence-electron chi connectivity index (χ4n) is 1.70. The second-order valence-corrected chi connectivity index (χ2v) is 4.87. The molecule has 0 fully saturated rings. The van der Waals surface area contributed by atoms with Gasteiger partial charge in [-0.15, -0.1) is 0 Å². The minimum absolute atomic E-state index is 0.166. The van der Waals surface area contributed by atoms with Gasteiger partial charge in [0.2, 0.25) is 0 Å². The molecule has 124 valence electrons. The minimum atomic E-state index is -1.00. The third-order valence-electron chi connectivity index (χ3n) is 2.90. The van der Waals surface area contributed by atoms with Gasteiger partial charge < -0.3 is 19.3 Å². The van der Waals surface area contributed by atoms with Crippen LogP contribution in [0.1, 0.15) is 18.2 Å². The number of aryl methyl sites for hydroxylation is 1. The largest absolute Gasteiger partial charge is 0.463 e. The highest BCUT2D eigenvalue weighted by atomic mass is 16.6. The molecule has 0 saturated carbocycles. The van der Waals surface area contributed by atoms with E-state index in [0.717, 1.165) is 0 Å². The molecule has 0 aliphatic heterocycles. The predicted molar refractivity (Wildman–Crippen MR) is 82.1 cm³/mol. The van der Waals surface area contributed by atoms with E-state index in [1.54, 1.807) is 31.2 Å². The first-order valence-corrected chi connectivity index (χ1v) is 7.04. The smallest absolute Gasteiger partial charge is 0.345 e. The van der Waals surface area contributed by atoms with Gasteiger partial charge in [0.1, 0.15) is 5.76 Å². The number of carbonyl (C=O) groups excluding carboxylic acids is 2. The number of esters is 1. The second-order valence-electron chi connectivity index (χ2n) is 4.87. The first kappa shape index (κ1) is 17.0. The van der Waals surface area contributed by atoms with Gasteiger partial charge in [0.25, 0.3) is 11.8 Å². The van der Waals surface area contributed by atoms with E-state index in [2.05, 4.69) is 10.5 Å². The number of amides is 1. The summed E-state index contributed by atoms with van der Waals surface area (Å²) in [6.45, 7) is 2.74. The molecule has 0 unspecified atom stereocenters. The maximum Gasteiger partial charge on any atom is 0.345 e. The van der Waals surface area contributed by atoms with Crippen LogP contribution in [-0.2, 0) is 14.3 Å². The molecule has 0 saturated heterocycles. The van der Waals surface area contributed by atoms with Crippen molar-refractivity contribution in [3.05, 3.63) is 41.7 Å². The van der Waals surface area contributed by atoms with Crippen molar-refractivity contribution in [1.82, 2.24) is 5.16 Å². The zero-order chi connectivity index (χ0) is 17.5. The van der Waals surface area contributed by atoms with Crippen LogP contribution in [0.3, 0.4) is 0 Å². The SMILES string of the molecule is Cc1cc(OCC(=O)O[C@H](C)C(=O)Nc2ccc(C#N)cc2)no1. The molecule has 8 heteroatoms. The topological polar surface area (TPSA) is 114 Å². The van der Waals surface area contributed by atoms with Gasteiger partial charge >= 0.3 is 5.97 Å². The molecule has 1 N–H and O–H groups in total. The highest BCUT2D eigenvalue weighted by Gasteiger charge is 2.18. The zero-order valence-electron chi connectivity index (χ0n) is 13.1. The molecule has 1 heterocycles. The number of benzene rings is 1. The summed E-state index contributed by atoms with van der Waals surface area (Å²) < 4.78 is 14.8. The predicted octanol–water partition coefficient (Wildman–Crippen LogP) is 1.80. The summed E-state index contributed by atoms with van der Waals surface area (Å²) in [5.41, 5.74) is 0.976. The van der Waals surface area contributed by atoms with Crippen molar-refractivity contribution in [3.8, 4) is 11.9 Å². The van der Waals surface area contributed by atoms with Crippen molar-refractivity contribution < 1.29 is 23.6 Å². The summed E-state index contributed by atoms with van der Waals surface area (Å²) in [6.07, 6.45) is -1.00. The Morgan fingerprint density at radius 1 is 1.38 bits per heavy atom. The Hall–Kier alpha value is -3.34. The quantitative estimate of drug-likeness (QED) is 0.804. The van der Waals surface area contributed by atoms with Gasteiger partial charge in [-0.25, -0.2) is 4.79 Å². The normalized spacial score (nSPS) is 11.2. The molecule has 8 nitrogen and oxygen atoms in total. The Morgan fingerprint density at radius 2 is 2.08 bits per heavy atom. The van der Waals surface area contributed by atoms with Crippen LogP contribution < -0.4 is 10.1 Å². The van der Waals surface area contributed by atoms with E-state index in [0.29, 0.717) is 17.0 Å². The van der Waals surface area contributed by atoms with Gasteiger partial charge in [0.15, 0.2) is 12.7 Å². The maximum absolute atomic E-state index is 12.0. The van der Waals surface area contributed by atoms with E-state index in [9.17, 15) is 9.59 Å². The van der Waals surface area contributed by atoms with Gasteiger partial charge in [-0.2, -0.15) is 5.26 Å². The Morgan fingerprint density at radius 3 is 2.67 bits per heavy atom. The Balaban J connectivity index is 1.79. The summed E-state index contributed by atoms with van der Waals surface area (Å²) in [5, 5.41) is 14.9. The molecule has 1 atom stereocenters. The summed E-state index contributed by atoms with van der Waals surface area (Å²) in [6, 6.07) is 9.81. The van der Waals surface area contributed by atoms with E-state index < -0.39 is 18.0 Å². The molecule has 2 aromatic rings. The number of hydrogen-bond donors (Lipinski definition) is 1. The number of nitriles is 1. The van der Waals surface area contributed by atoms with E-state index in [1.165, 1.54) is 13.0 Å². The van der Waals surface area contributed by atoms with Crippen LogP contribution >= 0.6 is 0 Å². The number of nitrogens with one attached hydrogen (secondary N) is 1. The number of carbonyl (C=O) groups is 2. The molecular formula is C16H15N3O5. The Kier molecular flexibility index (Phi) is 5.52. The molecule has 0 bridgehead atoms. The monoisotopic (exact) mass is 329 g/mol. The number of hydrogen-bond acceptors (Lipinski definition) is 7. The lowest BCUT2D eigenvalue weighted by molar-refractivity contribution is -0.155. The van der Waals surface area contributed by atoms with Crippen molar-refractivity contribution in [3.63, 3.8) is 0 Å². The van der Waals surface area contributed by atoms with Gasteiger partial charge in [-0.3, -0.25) is 4.79 Å². The third-order valence-corrected chi connectivity index (χ3v) is 2.90. The number of rotatable bonds is 6. The average molecular weight is 329 g/mol. The number of aromatic nitrogens is 1. The van der Waals surface area contributed by atoms with Crippen LogP contribution in [0.4, 0.5) is 5.69 Å². The lowest BCUT2D eigenvalue weighted by Crippen LogP contribution is -2.31. The van der Waals surface area contributed by atoms with E-state index in [4.69, 9.17) is 19.3 Å². The van der Waals surface area contributed by atoms with Crippen molar-refractivity contribution in [2.24, 2.45) is 0 Å². The Bertz CT molecular complexity index is 761. The minimum Gasteiger partial charge on any atom is -0.463 e. The fraction of sp³-hybridized carbons (Fsp3) is 0.250. The first-order chi connectivity index (χ1) is 11.5. The lowest BCUT2D eigenvalue weighted by atomic mass is 10.2. The molecule has 2 rings (SSSR count). The van der Waals surface area contributed by atoms with E-state index >= 15 is 0 Å². The molecule has 1 aromatic heterocycles. The van der Waals surface area contributed by atoms with Crippen LogP contribution in [0.2, 0.25) is 0 Å². The van der Waals surface area contributed by atoms with Crippen LogP contribution in [-0.4, -0.2) is 29.7 Å². The van der Waals surface area contributed by atoms with Crippen LogP contribution in [0.5, 0.6) is 5.88 Å². The van der Waals surface area contributed by atoms with Gasteiger partial charge in [-0.05, 0) is 43.3 Å². The van der Waals surface area contributed by atoms with Crippen molar-refractivity contribution in [1.29, 1.82) is 5.26 Å². The first-order valence-electron chi connectivity index (χ1n) is 7.04. The molecule has 24 heavy (non-hydrogen) atoms. The average Bonchev–Trinajstić information content (AvgIpc) is 2.99. The van der Waals surface area contributed by atoms with Crippen LogP contribution in [0.25, 0.3) is 0 Å². The van der Waals surface area contributed by atoms with Crippen molar-refractivity contribution in [2.75, 3.05) is 11.9 Å². The molecule has 0 spiro atoms. The molecule has 0 radical (unpaired) electrons. The van der Waals surface area contributed by atoms with Gasteiger partial charge in [0.05, 0.1) is 11.6 Å². The fourth-order valence-corrected chi connectivity index (χ4v) is 1.70. The summed E-state index contributed by atoms with van der Waals surface area (Å²) >= 11 is 0. The van der Waals surface area contributed by atoms with Crippen LogP contribution in [0, 0.1) is 18.3 Å². The number of anilines is 1. The molecule has 0 aliphatic carbocycles. The van der Waals surface area contributed by atoms with E-state index in [-0.39, 0.29) is 12.5 Å². The summed E-state index contributed by atoms with van der Waals surface area (Å²) in [4.78, 5) is 23.6. The Labute approximate surface area is 138 Å². The van der Waals surface area contributed by atoms with Gasteiger partial charge in [0, 0.05) is 11.8 Å². The molecule has 1 aromatic carbocycles. The van der Waals surface area contributed by atoms with Crippen molar-refractivity contribution in [2.45, 2.75) is 20.0 Å². The van der Waals surface area contributed by atoms with Crippen molar-refractivity contribution >= 4 is 17.6 Å². The molecule has 1 amide bonds. The molecular weight excluding hydrogens is 314 g/mol. The maximum atomic E-state index is 12.0. The number of nitrogens with zero attached hydrogens (tertiary/aromatic N) is 2. The third kappa shape index (κ3) is 4.84. The zero-order valence-corrected chi connectivity index (χ0v) is 13.1. The molecule has 0 aliphatic rings.